The maximum atomic E-state index is 13.4. The summed E-state index contributed by atoms with van der Waals surface area (Å²) in [5.74, 6) is -2.30. The van der Waals surface area contributed by atoms with E-state index in [1.165, 1.54) is 16.2 Å². The zero-order valence-electron chi connectivity index (χ0n) is 22.3. The average Bonchev–Trinajstić information content (AvgIpc) is 3.77. The van der Waals surface area contributed by atoms with Crippen LogP contribution < -0.4 is 16.4 Å². The molecule has 2 aromatic heterocycles. The molecule has 212 valence electrons. The Labute approximate surface area is 239 Å². The van der Waals surface area contributed by atoms with Gasteiger partial charge in [-0.25, -0.2) is 0 Å². The SMILES string of the molecule is C[C@@H](NC(=O)[C@@H]1CC2(CN1C(=O)CNC(=O)c1ccc3oc4ccccc4c3c1)OCCO2)c1cc(C(=N)N)cs1. The summed E-state index contributed by atoms with van der Waals surface area (Å²) in [7, 11) is 0. The number of amidine groups is 1. The topological polar surface area (TPSA) is 160 Å². The molecule has 0 saturated carbocycles. The van der Waals surface area contributed by atoms with Gasteiger partial charge in [-0.15, -0.1) is 11.3 Å². The lowest BCUT2D eigenvalue weighted by Gasteiger charge is -2.25. The Bertz CT molecular complexity index is 1670. The number of fused-ring (bicyclic) bond motifs is 3. The third-order valence-corrected chi connectivity index (χ3v) is 8.60. The number of carbonyl (C=O) groups excluding carboxylic acids is 3. The van der Waals surface area contributed by atoms with Crippen LogP contribution in [-0.4, -0.2) is 66.6 Å². The minimum atomic E-state index is -1.05. The number of carbonyl (C=O) groups is 3. The second-order valence-corrected chi connectivity index (χ2v) is 11.2. The van der Waals surface area contributed by atoms with Crippen LogP contribution >= 0.6 is 11.3 Å². The number of para-hydroxylation sites is 1. The minimum Gasteiger partial charge on any atom is -0.456 e. The van der Waals surface area contributed by atoms with Crippen LogP contribution in [0.2, 0.25) is 0 Å². The summed E-state index contributed by atoms with van der Waals surface area (Å²) in [5.41, 5.74) is 7.95. The zero-order chi connectivity index (χ0) is 28.7. The third kappa shape index (κ3) is 5.17. The summed E-state index contributed by atoms with van der Waals surface area (Å²) in [6, 6.07) is 13.3. The van der Waals surface area contributed by atoms with Crippen molar-refractivity contribution in [2.24, 2.45) is 5.73 Å². The molecule has 4 heterocycles. The second kappa shape index (κ2) is 10.6. The Morgan fingerprint density at radius 3 is 2.61 bits per heavy atom. The van der Waals surface area contributed by atoms with Crippen LogP contribution in [-0.2, 0) is 19.1 Å². The van der Waals surface area contributed by atoms with Gasteiger partial charge in [0.1, 0.15) is 23.0 Å². The summed E-state index contributed by atoms with van der Waals surface area (Å²) in [6.45, 7) is 2.35. The van der Waals surface area contributed by atoms with Crippen molar-refractivity contribution in [2.45, 2.75) is 31.2 Å². The first-order valence-electron chi connectivity index (χ1n) is 13.2. The van der Waals surface area contributed by atoms with Gasteiger partial charge in [-0.1, -0.05) is 18.2 Å². The molecule has 3 amide bonds. The van der Waals surface area contributed by atoms with Crippen LogP contribution in [0.1, 0.15) is 40.2 Å². The normalized spacial score (nSPS) is 18.7. The van der Waals surface area contributed by atoms with E-state index < -0.39 is 23.6 Å². The molecule has 2 saturated heterocycles. The number of thiophene rings is 1. The smallest absolute Gasteiger partial charge is 0.251 e. The fraction of sp³-hybridized carbons (Fsp3) is 0.310. The van der Waals surface area contributed by atoms with E-state index in [2.05, 4.69) is 10.6 Å². The number of hydrogen-bond donors (Lipinski definition) is 4. The van der Waals surface area contributed by atoms with E-state index in [0.29, 0.717) is 29.9 Å². The molecule has 5 N–H and O–H groups in total. The molecule has 11 nitrogen and oxygen atoms in total. The molecule has 0 unspecified atom stereocenters. The molecule has 6 rings (SSSR count). The Morgan fingerprint density at radius 1 is 1.10 bits per heavy atom. The van der Waals surface area contributed by atoms with E-state index in [1.54, 1.807) is 29.6 Å². The first-order chi connectivity index (χ1) is 19.7. The van der Waals surface area contributed by atoms with Crippen LogP contribution in [0.3, 0.4) is 0 Å². The van der Waals surface area contributed by atoms with Gasteiger partial charge in [-0.3, -0.25) is 19.8 Å². The third-order valence-electron chi connectivity index (χ3n) is 7.48. The van der Waals surface area contributed by atoms with E-state index >= 15 is 0 Å². The van der Waals surface area contributed by atoms with Crippen molar-refractivity contribution in [3.05, 3.63) is 69.9 Å². The highest BCUT2D eigenvalue weighted by Crippen LogP contribution is 2.35. The molecule has 0 aliphatic carbocycles. The summed E-state index contributed by atoms with van der Waals surface area (Å²) in [6.07, 6.45) is 0.179. The molecule has 0 radical (unpaired) electrons. The largest absolute Gasteiger partial charge is 0.456 e. The predicted octanol–water partition coefficient (Wildman–Crippen LogP) is 2.88. The van der Waals surface area contributed by atoms with Gasteiger partial charge in [0.05, 0.1) is 32.3 Å². The van der Waals surface area contributed by atoms with Gasteiger partial charge in [0.25, 0.3) is 5.91 Å². The van der Waals surface area contributed by atoms with Gasteiger partial charge in [-0.05, 0) is 37.3 Å². The highest BCUT2D eigenvalue weighted by Gasteiger charge is 2.52. The highest BCUT2D eigenvalue weighted by atomic mass is 32.1. The van der Waals surface area contributed by atoms with Crippen molar-refractivity contribution in [2.75, 3.05) is 26.3 Å². The molecular formula is C29H29N5O6S. The van der Waals surface area contributed by atoms with Crippen LogP contribution in [0.5, 0.6) is 0 Å². The number of hydrogen-bond acceptors (Lipinski definition) is 8. The van der Waals surface area contributed by atoms with Gasteiger partial charge in [0.2, 0.25) is 11.8 Å². The van der Waals surface area contributed by atoms with Crippen LogP contribution in [0.15, 0.2) is 58.3 Å². The zero-order valence-corrected chi connectivity index (χ0v) is 23.1. The number of nitrogens with two attached hydrogens (primary N) is 1. The van der Waals surface area contributed by atoms with Crippen molar-refractivity contribution in [1.29, 1.82) is 5.41 Å². The standard InChI is InChI=1S/C29H29N5O6S/c1-16(24-11-18(14-41-24)26(30)31)33-28(37)21-12-29(38-8-9-39-29)15-34(21)25(35)13-32-27(36)17-6-7-23-20(10-17)19-4-2-3-5-22(19)40-23/h2-7,10-11,14,16,21H,8-9,12-13,15H2,1H3,(H3,30,31)(H,32,36)(H,33,37)/t16-,21+/m1/s1. The summed E-state index contributed by atoms with van der Waals surface area (Å²) in [5, 5.41) is 16.7. The quantitative estimate of drug-likeness (QED) is 0.195. The van der Waals surface area contributed by atoms with E-state index in [-0.39, 0.29) is 37.3 Å². The number of nitrogens with one attached hydrogen (secondary N) is 3. The van der Waals surface area contributed by atoms with Gasteiger partial charge in [0, 0.05) is 38.6 Å². The van der Waals surface area contributed by atoms with E-state index in [9.17, 15) is 14.4 Å². The Hall–Kier alpha value is -4.26. The molecule has 4 aromatic rings. The summed E-state index contributed by atoms with van der Waals surface area (Å²) in [4.78, 5) is 42.1. The first kappa shape index (κ1) is 26.9. The van der Waals surface area contributed by atoms with Crippen molar-refractivity contribution >= 4 is 56.8 Å². The Kier molecular flexibility index (Phi) is 6.98. The number of amides is 3. The molecule has 2 aliphatic heterocycles. The summed E-state index contributed by atoms with van der Waals surface area (Å²) >= 11 is 1.39. The fourth-order valence-corrected chi connectivity index (χ4v) is 6.29. The molecule has 41 heavy (non-hydrogen) atoms. The van der Waals surface area contributed by atoms with E-state index in [4.69, 9.17) is 25.0 Å². The van der Waals surface area contributed by atoms with E-state index in [1.807, 2.05) is 31.2 Å². The Balaban J connectivity index is 1.15. The van der Waals surface area contributed by atoms with Gasteiger partial charge in [-0.2, -0.15) is 0 Å². The highest BCUT2D eigenvalue weighted by molar-refractivity contribution is 7.10. The van der Waals surface area contributed by atoms with Crippen molar-refractivity contribution in [3.63, 3.8) is 0 Å². The van der Waals surface area contributed by atoms with Crippen molar-refractivity contribution < 1.29 is 28.3 Å². The minimum absolute atomic E-state index is 0.0452. The maximum Gasteiger partial charge on any atom is 0.251 e. The van der Waals surface area contributed by atoms with Gasteiger partial charge >= 0.3 is 0 Å². The average molecular weight is 576 g/mol. The van der Waals surface area contributed by atoms with Crippen LogP contribution in [0.25, 0.3) is 21.9 Å². The lowest BCUT2D eigenvalue weighted by atomic mass is 10.1. The molecular weight excluding hydrogens is 546 g/mol. The van der Waals surface area contributed by atoms with Crippen molar-refractivity contribution in [1.82, 2.24) is 15.5 Å². The number of ether oxygens (including phenoxy) is 2. The second-order valence-electron chi connectivity index (χ2n) is 10.2. The molecule has 2 aliphatic rings. The molecule has 2 atom stereocenters. The number of furan rings is 1. The number of nitrogens with zero attached hydrogens (tertiary/aromatic N) is 1. The first-order valence-corrected chi connectivity index (χ1v) is 14.1. The van der Waals surface area contributed by atoms with E-state index in [0.717, 1.165) is 21.2 Å². The predicted molar refractivity (Wildman–Crippen MR) is 153 cm³/mol. The molecule has 2 fully saturated rings. The molecule has 2 aromatic carbocycles. The molecule has 0 bridgehead atoms. The number of rotatable bonds is 7. The number of likely N-dealkylation sites (tertiary alicyclic amines) is 1. The van der Waals surface area contributed by atoms with Crippen molar-refractivity contribution in [3.8, 4) is 0 Å². The van der Waals surface area contributed by atoms with Crippen LogP contribution in [0, 0.1) is 5.41 Å². The number of nitrogen functional groups attached to an aromatic ring is 1. The fourth-order valence-electron chi connectivity index (χ4n) is 5.37. The Morgan fingerprint density at radius 2 is 1.85 bits per heavy atom. The number of benzene rings is 2. The van der Waals surface area contributed by atoms with Gasteiger partial charge < -0.3 is 35.2 Å². The summed E-state index contributed by atoms with van der Waals surface area (Å²) < 4.78 is 17.5. The lowest BCUT2D eigenvalue weighted by Crippen LogP contribution is -2.49. The van der Waals surface area contributed by atoms with Crippen LogP contribution in [0.4, 0.5) is 0 Å². The molecule has 1 spiro atoms. The molecule has 12 heteroatoms. The maximum absolute atomic E-state index is 13.4. The monoisotopic (exact) mass is 575 g/mol. The van der Waals surface area contributed by atoms with Gasteiger partial charge in [0.15, 0.2) is 5.79 Å². The lowest BCUT2D eigenvalue weighted by molar-refractivity contribution is -0.152.